The SMILES string of the molecule is Cc1cccc(Nc2ccc(N)cc2Cl)c1C#N. The maximum atomic E-state index is 9.15. The summed E-state index contributed by atoms with van der Waals surface area (Å²) < 4.78 is 0. The van der Waals surface area contributed by atoms with E-state index in [9.17, 15) is 0 Å². The lowest BCUT2D eigenvalue weighted by atomic mass is 10.1. The third kappa shape index (κ3) is 2.39. The number of benzene rings is 2. The van der Waals surface area contributed by atoms with E-state index in [2.05, 4.69) is 11.4 Å². The summed E-state index contributed by atoms with van der Waals surface area (Å²) in [5.41, 5.74) is 9.25. The maximum Gasteiger partial charge on any atom is 0.102 e. The zero-order valence-electron chi connectivity index (χ0n) is 9.87. The van der Waals surface area contributed by atoms with E-state index < -0.39 is 0 Å². The molecule has 0 aromatic heterocycles. The summed E-state index contributed by atoms with van der Waals surface area (Å²) in [5, 5.41) is 12.8. The van der Waals surface area contributed by atoms with Gasteiger partial charge in [-0.05, 0) is 36.8 Å². The highest BCUT2D eigenvalue weighted by Crippen LogP contribution is 2.29. The minimum absolute atomic E-state index is 0.528. The van der Waals surface area contributed by atoms with Gasteiger partial charge in [-0.3, -0.25) is 0 Å². The molecule has 0 saturated heterocycles. The van der Waals surface area contributed by atoms with E-state index in [1.54, 1.807) is 18.2 Å². The number of nitrogens with one attached hydrogen (secondary N) is 1. The highest BCUT2D eigenvalue weighted by atomic mass is 35.5. The average molecular weight is 258 g/mol. The summed E-state index contributed by atoms with van der Waals surface area (Å²) in [5.74, 6) is 0. The Kier molecular flexibility index (Phi) is 3.40. The second-order valence-corrected chi connectivity index (χ2v) is 4.38. The van der Waals surface area contributed by atoms with Crippen LogP contribution in [-0.2, 0) is 0 Å². The van der Waals surface area contributed by atoms with Crippen LogP contribution in [0.1, 0.15) is 11.1 Å². The van der Waals surface area contributed by atoms with Crippen molar-refractivity contribution in [1.29, 1.82) is 5.26 Å². The van der Waals surface area contributed by atoms with Crippen LogP contribution in [0.4, 0.5) is 17.1 Å². The van der Waals surface area contributed by atoms with Crippen LogP contribution in [-0.4, -0.2) is 0 Å². The third-order valence-electron chi connectivity index (χ3n) is 2.65. The summed E-state index contributed by atoms with van der Waals surface area (Å²) in [6, 6.07) is 13.0. The van der Waals surface area contributed by atoms with Gasteiger partial charge < -0.3 is 11.1 Å². The molecule has 0 fully saturated rings. The highest BCUT2D eigenvalue weighted by Gasteiger charge is 2.07. The van der Waals surface area contributed by atoms with E-state index in [0.717, 1.165) is 16.9 Å². The predicted molar refractivity (Wildman–Crippen MR) is 75.0 cm³/mol. The molecular weight excluding hydrogens is 246 g/mol. The molecule has 0 spiro atoms. The van der Waals surface area contributed by atoms with Gasteiger partial charge in [0.05, 0.1) is 22.0 Å². The van der Waals surface area contributed by atoms with Gasteiger partial charge in [-0.2, -0.15) is 5.26 Å². The lowest BCUT2D eigenvalue weighted by Crippen LogP contribution is -1.96. The smallest absolute Gasteiger partial charge is 0.102 e. The second-order valence-electron chi connectivity index (χ2n) is 3.97. The maximum absolute atomic E-state index is 9.15. The van der Waals surface area contributed by atoms with Crippen molar-refractivity contribution in [3.05, 3.63) is 52.5 Å². The number of nitrogens with two attached hydrogens (primary N) is 1. The van der Waals surface area contributed by atoms with Gasteiger partial charge in [0.2, 0.25) is 0 Å². The third-order valence-corrected chi connectivity index (χ3v) is 2.96. The van der Waals surface area contributed by atoms with Crippen LogP contribution >= 0.6 is 11.6 Å². The number of nitriles is 1. The van der Waals surface area contributed by atoms with Crippen molar-refractivity contribution in [2.45, 2.75) is 6.92 Å². The molecule has 0 saturated carbocycles. The summed E-state index contributed by atoms with van der Waals surface area (Å²) in [6.07, 6.45) is 0. The molecule has 0 amide bonds. The number of anilines is 3. The molecule has 3 nitrogen and oxygen atoms in total. The van der Waals surface area contributed by atoms with Crippen molar-refractivity contribution >= 4 is 28.7 Å². The summed E-state index contributed by atoms with van der Waals surface area (Å²) in [6.45, 7) is 1.90. The lowest BCUT2D eigenvalue weighted by Gasteiger charge is -2.11. The van der Waals surface area contributed by atoms with Crippen LogP contribution in [0.25, 0.3) is 0 Å². The Hall–Kier alpha value is -2.18. The van der Waals surface area contributed by atoms with Crippen LogP contribution in [0, 0.1) is 18.3 Å². The average Bonchev–Trinajstić information content (AvgIpc) is 2.33. The van der Waals surface area contributed by atoms with Crippen LogP contribution in [0.3, 0.4) is 0 Å². The monoisotopic (exact) mass is 257 g/mol. The van der Waals surface area contributed by atoms with Crippen molar-refractivity contribution in [3.8, 4) is 6.07 Å². The number of hydrogen-bond donors (Lipinski definition) is 2. The van der Waals surface area contributed by atoms with Crippen LogP contribution in [0.5, 0.6) is 0 Å². The van der Waals surface area contributed by atoms with Crippen LogP contribution in [0.2, 0.25) is 5.02 Å². The van der Waals surface area contributed by atoms with E-state index in [-0.39, 0.29) is 0 Å². The summed E-state index contributed by atoms with van der Waals surface area (Å²) in [7, 11) is 0. The number of hydrogen-bond acceptors (Lipinski definition) is 3. The molecule has 0 aliphatic rings. The molecule has 0 radical (unpaired) electrons. The summed E-state index contributed by atoms with van der Waals surface area (Å²) in [4.78, 5) is 0. The van der Waals surface area contributed by atoms with Crippen molar-refractivity contribution in [2.24, 2.45) is 0 Å². The van der Waals surface area contributed by atoms with Crippen molar-refractivity contribution < 1.29 is 0 Å². The molecule has 0 aliphatic carbocycles. The Bertz CT molecular complexity index is 629. The number of nitrogen functional groups attached to an aromatic ring is 1. The van der Waals surface area contributed by atoms with Gasteiger partial charge in [0.15, 0.2) is 0 Å². The Morgan fingerprint density at radius 1 is 1.22 bits per heavy atom. The minimum atomic E-state index is 0.528. The van der Waals surface area contributed by atoms with E-state index in [0.29, 0.717) is 16.3 Å². The van der Waals surface area contributed by atoms with Gasteiger partial charge in [-0.25, -0.2) is 0 Å². The zero-order valence-corrected chi connectivity index (χ0v) is 10.6. The molecular formula is C14H12ClN3. The Labute approximate surface area is 111 Å². The molecule has 0 atom stereocenters. The summed E-state index contributed by atoms with van der Waals surface area (Å²) >= 11 is 6.09. The predicted octanol–water partition coefficient (Wildman–Crippen LogP) is 3.85. The molecule has 3 N–H and O–H groups in total. The van der Waals surface area contributed by atoms with Crippen molar-refractivity contribution in [3.63, 3.8) is 0 Å². The molecule has 2 rings (SSSR count). The fraction of sp³-hybridized carbons (Fsp3) is 0.0714. The lowest BCUT2D eigenvalue weighted by molar-refractivity contribution is 1.38. The first-order chi connectivity index (χ1) is 8.61. The molecule has 2 aromatic carbocycles. The second kappa shape index (κ2) is 4.99. The van der Waals surface area contributed by atoms with E-state index in [4.69, 9.17) is 22.6 Å². The number of nitrogens with zero attached hydrogens (tertiary/aromatic N) is 1. The normalized spacial score (nSPS) is 9.83. The zero-order chi connectivity index (χ0) is 13.1. The first-order valence-corrected chi connectivity index (χ1v) is 5.81. The molecule has 0 bridgehead atoms. The molecule has 0 unspecified atom stereocenters. The van der Waals surface area contributed by atoms with Gasteiger partial charge in [-0.15, -0.1) is 0 Å². The minimum Gasteiger partial charge on any atom is -0.399 e. The van der Waals surface area contributed by atoms with Gasteiger partial charge in [-0.1, -0.05) is 23.7 Å². The van der Waals surface area contributed by atoms with E-state index >= 15 is 0 Å². The first-order valence-electron chi connectivity index (χ1n) is 5.43. The Morgan fingerprint density at radius 2 is 2.00 bits per heavy atom. The fourth-order valence-corrected chi connectivity index (χ4v) is 1.93. The fourth-order valence-electron chi connectivity index (χ4n) is 1.70. The van der Waals surface area contributed by atoms with Gasteiger partial charge >= 0.3 is 0 Å². The molecule has 2 aromatic rings. The topological polar surface area (TPSA) is 61.8 Å². The number of rotatable bonds is 2. The van der Waals surface area contributed by atoms with Crippen LogP contribution < -0.4 is 11.1 Å². The largest absolute Gasteiger partial charge is 0.399 e. The van der Waals surface area contributed by atoms with Gasteiger partial charge in [0.25, 0.3) is 0 Å². The standard InChI is InChI=1S/C14H12ClN3/c1-9-3-2-4-13(11(9)8-16)18-14-6-5-10(17)7-12(14)15/h2-7,18H,17H2,1H3. The molecule has 18 heavy (non-hydrogen) atoms. The van der Waals surface area contributed by atoms with E-state index in [1.165, 1.54) is 0 Å². The Balaban J connectivity index is 2.41. The first kappa shape index (κ1) is 12.3. The molecule has 0 aliphatic heterocycles. The van der Waals surface area contributed by atoms with Gasteiger partial charge in [0, 0.05) is 5.69 Å². The quantitative estimate of drug-likeness (QED) is 0.804. The Morgan fingerprint density at radius 3 is 2.67 bits per heavy atom. The molecule has 4 heteroatoms. The van der Waals surface area contributed by atoms with Gasteiger partial charge in [0.1, 0.15) is 6.07 Å². The van der Waals surface area contributed by atoms with E-state index in [1.807, 2.05) is 25.1 Å². The van der Waals surface area contributed by atoms with Crippen LogP contribution in [0.15, 0.2) is 36.4 Å². The number of aryl methyl sites for hydroxylation is 1. The highest BCUT2D eigenvalue weighted by molar-refractivity contribution is 6.33. The van der Waals surface area contributed by atoms with Crippen molar-refractivity contribution in [1.82, 2.24) is 0 Å². The molecule has 0 heterocycles. The number of halogens is 1. The van der Waals surface area contributed by atoms with Crippen molar-refractivity contribution in [2.75, 3.05) is 11.1 Å². The molecule has 90 valence electrons.